The lowest BCUT2D eigenvalue weighted by atomic mass is 9.60. The molecule has 2 aromatic carbocycles. The number of benzene rings is 2. The maximum absolute atomic E-state index is 6.46. The van der Waals surface area contributed by atoms with Gasteiger partial charge in [-0.15, -0.1) is 0 Å². The van der Waals surface area contributed by atoms with E-state index in [2.05, 4.69) is 82.3 Å². The fraction of sp³-hybridized carbons (Fsp3) is 0.312. The molecule has 1 unspecified atom stereocenters. The number of hydrogen-bond donors (Lipinski definition) is 0. The van der Waals surface area contributed by atoms with Crippen molar-refractivity contribution in [1.29, 1.82) is 0 Å². The molecule has 0 aliphatic heterocycles. The van der Waals surface area contributed by atoms with Gasteiger partial charge in [0.15, 0.2) is 0 Å². The number of aryl methyl sites for hydroxylation is 2. The number of aromatic nitrogens is 2. The fourth-order valence-corrected chi connectivity index (χ4v) is 6.55. The predicted octanol–water partition coefficient (Wildman–Crippen LogP) is 7.77. The van der Waals surface area contributed by atoms with E-state index in [4.69, 9.17) is 14.4 Å². The quantitative estimate of drug-likeness (QED) is 0.258. The lowest BCUT2D eigenvalue weighted by molar-refractivity contribution is 0.301. The molecule has 3 heterocycles. The minimum atomic E-state index is 0.157. The highest BCUT2D eigenvalue weighted by Crippen LogP contribution is 2.52. The van der Waals surface area contributed by atoms with Crippen molar-refractivity contribution in [2.24, 2.45) is 0 Å². The molecule has 1 atom stereocenters. The molecule has 0 radical (unpaired) electrons. The van der Waals surface area contributed by atoms with Crippen molar-refractivity contribution in [2.45, 2.75) is 64.2 Å². The number of furan rings is 1. The van der Waals surface area contributed by atoms with Gasteiger partial charge in [-0.1, -0.05) is 50.2 Å². The number of para-hydroxylation sites is 1. The zero-order valence-electron chi connectivity index (χ0n) is 20.9. The summed E-state index contributed by atoms with van der Waals surface area (Å²) in [5.41, 5.74) is 12.1. The van der Waals surface area contributed by atoms with Crippen LogP contribution in [0.2, 0.25) is 0 Å². The minimum absolute atomic E-state index is 0.157. The molecular weight excluding hydrogens is 428 g/mol. The predicted molar refractivity (Wildman–Crippen MR) is 142 cm³/mol. The summed E-state index contributed by atoms with van der Waals surface area (Å²) < 4.78 is 6.46. The molecule has 2 aliphatic carbocycles. The molecular formula is C32H30N2O. The molecule has 3 nitrogen and oxygen atoms in total. The van der Waals surface area contributed by atoms with Crippen molar-refractivity contribution < 1.29 is 4.42 Å². The summed E-state index contributed by atoms with van der Waals surface area (Å²) in [6.07, 6.45) is 6.42. The third-order valence-corrected chi connectivity index (χ3v) is 8.80. The summed E-state index contributed by atoms with van der Waals surface area (Å²) in [6, 6.07) is 20.0. The number of pyridine rings is 2. The van der Waals surface area contributed by atoms with Crippen LogP contribution in [0.3, 0.4) is 0 Å². The van der Waals surface area contributed by atoms with E-state index in [9.17, 15) is 0 Å². The van der Waals surface area contributed by atoms with Crippen LogP contribution in [0.25, 0.3) is 33.3 Å². The van der Waals surface area contributed by atoms with E-state index in [0.29, 0.717) is 0 Å². The van der Waals surface area contributed by atoms with Crippen LogP contribution >= 0.6 is 0 Å². The molecule has 0 fully saturated rings. The zero-order chi connectivity index (χ0) is 23.9. The van der Waals surface area contributed by atoms with Crippen LogP contribution in [0.1, 0.15) is 60.2 Å². The molecule has 0 N–H and O–H groups in total. The summed E-state index contributed by atoms with van der Waals surface area (Å²) in [7, 11) is 0. The third kappa shape index (κ3) is 2.97. The summed E-state index contributed by atoms with van der Waals surface area (Å²) in [5, 5.41) is 2.24. The lowest BCUT2D eigenvalue weighted by Gasteiger charge is -2.43. The molecule has 5 aromatic rings. The SMILES string of the molecule is Cc1cnc(-c2cccc3c2oc2nc4c(cc23)CC2(CCC(C)(C)c3ccccc32)C4)cc1C. The zero-order valence-corrected chi connectivity index (χ0v) is 20.9. The highest BCUT2D eigenvalue weighted by Gasteiger charge is 2.46. The summed E-state index contributed by atoms with van der Waals surface area (Å²) in [6.45, 7) is 9.00. The Morgan fingerprint density at radius 2 is 1.66 bits per heavy atom. The molecule has 7 rings (SSSR count). The monoisotopic (exact) mass is 458 g/mol. The standard InChI is InChI=1S/C32H30N2O/c1-19-14-27(33-18-20(19)2)23-9-7-8-22-24-15-21-16-32(17-28(21)34-30(24)35-29(22)23)13-12-31(3,4)25-10-5-6-11-26(25)32/h5-11,14-15,18H,12-13,16-17H2,1-4H3. The van der Waals surface area contributed by atoms with Gasteiger partial charge >= 0.3 is 0 Å². The summed E-state index contributed by atoms with van der Waals surface area (Å²) in [4.78, 5) is 9.83. The van der Waals surface area contributed by atoms with Gasteiger partial charge in [-0.3, -0.25) is 4.98 Å². The molecule has 0 bridgehead atoms. The van der Waals surface area contributed by atoms with Crippen molar-refractivity contribution in [3.63, 3.8) is 0 Å². The van der Waals surface area contributed by atoms with Gasteiger partial charge in [-0.25, -0.2) is 4.98 Å². The molecule has 3 aromatic heterocycles. The largest absolute Gasteiger partial charge is 0.437 e. The smallest absolute Gasteiger partial charge is 0.227 e. The second kappa shape index (κ2) is 7.04. The first-order valence-electron chi connectivity index (χ1n) is 12.7. The number of fused-ring (bicyclic) bond motifs is 6. The number of hydrogen-bond acceptors (Lipinski definition) is 3. The average molecular weight is 459 g/mol. The van der Waals surface area contributed by atoms with Crippen molar-refractivity contribution in [3.05, 3.63) is 94.3 Å². The fourth-order valence-electron chi connectivity index (χ4n) is 6.55. The molecule has 174 valence electrons. The van der Waals surface area contributed by atoms with Gasteiger partial charge in [0, 0.05) is 40.1 Å². The molecule has 35 heavy (non-hydrogen) atoms. The van der Waals surface area contributed by atoms with Gasteiger partial charge in [0.1, 0.15) is 5.58 Å². The van der Waals surface area contributed by atoms with E-state index in [0.717, 1.165) is 46.2 Å². The highest BCUT2D eigenvalue weighted by molar-refractivity contribution is 6.08. The van der Waals surface area contributed by atoms with Crippen LogP contribution < -0.4 is 0 Å². The topological polar surface area (TPSA) is 38.9 Å². The Labute approximate surface area is 206 Å². The van der Waals surface area contributed by atoms with E-state index in [1.165, 1.54) is 46.4 Å². The van der Waals surface area contributed by atoms with Gasteiger partial charge in [-0.05, 0) is 84.5 Å². The Balaban J connectivity index is 1.36. The van der Waals surface area contributed by atoms with Gasteiger partial charge in [0.25, 0.3) is 0 Å². The molecule has 0 amide bonds. The average Bonchev–Trinajstić information content (AvgIpc) is 3.40. The minimum Gasteiger partial charge on any atom is -0.437 e. The van der Waals surface area contributed by atoms with Gasteiger partial charge < -0.3 is 4.42 Å². The van der Waals surface area contributed by atoms with Gasteiger partial charge in [0.2, 0.25) is 5.71 Å². The van der Waals surface area contributed by atoms with E-state index < -0.39 is 0 Å². The van der Waals surface area contributed by atoms with Crippen molar-refractivity contribution in [2.75, 3.05) is 0 Å². The van der Waals surface area contributed by atoms with Gasteiger partial charge in [-0.2, -0.15) is 0 Å². The van der Waals surface area contributed by atoms with Crippen molar-refractivity contribution >= 4 is 22.1 Å². The molecule has 0 saturated carbocycles. The molecule has 2 aliphatic rings. The maximum Gasteiger partial charge on any atom is 0.227 e. The maximum atomic E-state index is 6.46. The Bertz CT molecular complexity index is 1660. The first-order chi connectivity index (χ1) is 16.8. The second-order valence-electron chi connectivity index (χ2n) is 11.4. The number of nitrogens with zero attached hydrogens (tertiary/aromatic N) is 2. The van der Waals surface area contributed by atoms with E-state index in [1.807, 2.05) is 6.20 Å². The van der Waals surface area contributed by atoms with Crippen LogP contribution in [-0.4, -0.2) is 9.97 Å². The number of rotatable bonds is 1. The van der Waals surface area contributed by atoms with Crippen molar-refractivity contribution in [3.8, 4) is 11.3 Å². The Morgan fingerprint density at radius 3 is 2.49 bits per heavy atom. The van der Waals surface area contributed by atoms with Crippen LogP contribution in [-0.2, 0) is 23.7 Å². The van der Waals surface area contributed by atoms with E-state index in [1.54, 1.807) is 0 Å². The first-order valence-corrected chi connectivity index (χ1v) is 12.7. The van der Waals surface area contributed by atoms with Crippen molar-refractivity contribution in [1.82, 2.24) is 9.97 Å². The van der Waals surface area contributed by atoms with E-state index in [-0.39, 0.29) is 10.8 Å². The van der Waals surface area contributed by atoms with E-state index >= 15 is 0 Å². The Hall–Kier alpha value is -3.46. The first kappa shape index (κ1) is 20.9. The second-order valence-corrected chi connectivity index (χ2v) is 11.4. The normalized spacial score (nSPS) is 20.5. The van der Waals surface area contributed by atoms with Crippen LogP contribution in [0.5, 0.6) is 0 Å². The highest BCUT2D eigenvalue weighted by atomic mass is 16.3. The lowest BCUT2D eigenvalue weighted by Crippen LogP contribution is -2.38. The Morgan fingerprint density at radius 1 is 0.829 bits per heavy atom. The third-order valence-electron chi connectivity index (χ3n) is 8.80. The molecule has 0 saturated heterocycles. The van der Waals surface area contributed by atoms with Gasteiger partial charge in [0.05, 0.1) is 5.69 Å². The summed E-state index contributed by atoms with van der Waals surface area (Å²) >= 11 is 0. The molecule has 3 heteroatoms. The van der Waals surface area contributed by atoms with Crippen LogP contribution in [0.4, 0.5) is 0 Å². The Kier molecular flexibility index (Phi) is 4.20. The van der Waals surface area contributed by atoms with Crippen LogP contribution in [0, 0.1) is 13.8 Å². The molecule has 1 spiro atoms. The van der Waals surface area contributed by atoms with Crippen LogP contribution in [0.15, 0.2) is 65.2 Å². The summed E-state index contributed by atoms with van der Waals surface area (Å²) in [5.74, 6) is 0.